The third kappa shape index (κ3) is 2.07. The van der Waals surface area contributed by atoms with Gasteiger partial charge in [0.25, 0.3) is 0 Å². The molecule has 0 aliphatic carbocycles. The fraction of sp³-hybridized carbons (Fsp3) is 0.200. The number of aromatic nitrogens is 3. The van der Waals surface area contributed by atoms with Crippen LogP contribution in [0, 0.1) is 0 Å². The molecule has 5 nitrogen and oxygen atoms in total. The molecule has 1 N–H and O–H groups in total. The van der Waals surface area contributed by atoms with E-state index in [0.717, 1.165) is 11.4 Å². The van der Waals surface area contributed by atoms with E-state index in [1.165, 1.54) is 6.33 Å². The molecule has 0 aliphatic heterocycles. The van der Waals surface area contributed by atoms with Gasteiger partial charge in [0.05, 0.1) is 12.3 Å². The first kappa shape index (κ1) is 9.51. The van der Waals surface area contributed by atoms with Crippen LogP contribution in [-0.2, 0) is 0 Å². The van der Waals surface area contributed by atoms with Crippen LogP contribution in [0.3, 0.4) is 0 Å². The van der Waals surface area contributed by atoms with Crippen molar-refractivity contribution in [3.05, 3.63) is 41.1 Å². The second-order valence-corrected chi connectivity index (χ2v) is 2.96. The minimum Gasteiger partial charge on any atom is -0.494 e. The van der Waals surface area contributed by atoms with Gasteiger partial charge in [-0.2, -0.15) is 4.98 Å². The summed E-state index contributed by atoms with van der Waals surface area (Å²) in [6.07, 6.45) is 1.44. The molecule has 1 heterocycles. The number of nitrogens with zero attached hydrogens (tertiary/aromatic N) is 2. The lowest BCUT2D eigenvalue weighted by Gasteiger charge is -2.04. The second kappa shape index (κ2) is 4.00. The number of aromatic amines is 1. The largest absolute Gasteiger partial charge is 0.494 e. The molecule has 0 amide bonds. The van der Waals surface area contributed by atoms with Gasteiger partial charge >= 0.3 is 5.69 Å². The molecule has 0 spiro atoms. The van der Waals surface area contributed by atoms with Gasteiger partial charge in [-0.15, -0.1) is 0 Å². The quantitative estimate of drug-likeness (QED) is 0.811. The Morgan fingerprint density at radius 1 is 1.40 bits per heavy atom. The fourth-order valence-corrected chi connectivity index (χ4v) is 1.27. The summed E-state index contributed by atoms with van der Waals surface area (Å²) in [4.78, 5) is 14.4. The van der Waals surface area contributed by atoms with E-state index < -0.39 is 0 Å². The van der Waals surface area contributed by atoms with E-state index >= 15 is 0 Å². The SMILES string of the molecule is CCOc1ccc(-n2cnc(=O)[nH]2)cc1. The summed E-state index contributed by atoms with van der Waals surface area (Å²) in [6.45, 7) is 2.57. The van der Waals surface area contributed by atoms with Crippen LogP contribution >= 0.6 is 0 Å². The highest BCUT2D eigenvalue weighted by molar-refractivity contribution is 5.36. The predicted molar refractivity (Wildman–Crippen MR) is 55.4 cm³/mol. The van der Waals surface area contributed by atoms with Crippen LogP contribution in [-0.4, -0.2) is 21.4 Å². The van der Waals surface area contributed by atoms with Gasteiger partial charge in [0, 0.05) is 0 Å². The zero-order valence-corrected chi connectivity index (χ0v) is 8.30. The Balaban J connectivity index is 2.27. The van der Waals surface area contributed by atoms with Crippen LogP contribution in [0.25, 0.3) is 5.69 Å². The van der Waals surface area contributed by atoms with E-state index in [1.807, 2.05) is 31.2 Å². The van der Waals surface area contributed by atoms with Crippen LogP contribution in [0.15, 0.2) is 35.4 Å². The van der Waals surface area contributed by atoms with E-state index in [2.05, 4.69) is 10.1 Å². The number of benzene rings is 1. The second-order valence-electron chi connectivity index (χ2n) is 2.96. The number of H-pyrrole nitrogens is 1. The van der Waals surface area contributed by atoms with Crippen LogP contribution < -0.4 is 10.4 Å². The molecular weight excluding hydrogens is 194 g/mol. The molecule has 0 saturated heterocycles. The Morgan fingerprint density at radius 2 is 2.13 bits per heavy atom. The molecule has 0 atom stereocenters. The minimum absolute atomic E-state index is 0.358. The van der Waals surface area contributed by atoms with E-state index in [4.69, 9.17) is 4.74 Å². The maximum atomic E-state index is 10.8. The summed E-state index contributed by atoms with van der Waals surface area (Å²) in [5.74, 6) is 0.809. The summed E-state index contributed by atoms with van der Waals surface area (Å²) in [7, 11) is 0. The van der Waals surface area contributed by atoms with Crippen LogP contribution in [0.5, 0.6) is 5.75 Å². The molecule has 78 valence electrons. The van der Waals surface area contributed by atoms with E-state index in [9.17, 15) is 4.79 Å². The lowest BCUT2D eigenvalue weighted by Crippen LogP contribution is -2.04. The zero-order valence-electron chi connectivity index (χ0n) is 8.30. The van der Waals surface area contributed by atoms with Crippen molar-refractivity contribution in [3.8, 4) is 11.4 Å². The van der Waals surface area contributed by atoms with Gasteiger partial charge < -0.3 is 4.74 Å². The molecule has 1 aromatic heterocycles. The van der Waals surface area contributed by atoms with Gasteiger partial charge in [-0.1, -0.05) is 0 Å². The van der Waals surface area contributed by atoms with E-state index in [0.29, 0.717) is 6.61 Å². The first-order valence-corrected chi connectivity index (χ1v) is 4.66. The summed E-state index contributed by atoms with van der Waals surface area (Å²) in [5.41, 5.74) is 0.483. The molecule has 2 rings (SSSR count). The molecule has 0 bridgehead atoms. The Kier molecular flexibility index (Phi) is 2.53. The molecule has 1 aromatic carbocycles. The maximum absolute atomic E-state index is 10.8. The Labute approximate surface area is 86.3 Å². The standard InChI is InChI=1S/C10H11N3O2/c1-2-15-9-5-3-8(4-6-9)13-7-11-10(14)12-13/h3-7H,2H2,1H3,(H,12,14). The molecule has 0 saturated carbocycles. The first-order valence-electron chi connectivity index (χ1n) is 4.66. The fourth-order valence-electron chi connectivity index (χ4n) is 1.27. The van der Waals surface area contributed by atoms with Crippen molar-refractivity contribution in [2.75, 3.05) is 6.61 Å². The number of nitrogens with one attached hydrogen (secondary N) is 1. The lowest BCUT2D eigenvalue weighted by molar-refractivity contribution is 0.340. The summed E-state index contributed by atoms with van der Waals surface area (Å²) in [6, 6.07) is 7.39. The van der Waals surface area contributed by atoms with Gasteiger partial charge in [0.15, 0.2) is 0 Å². The number of hydrogen-bond donors (Lipinski definition) is 1. The molecule has 0 unspecified atom stereocenters. The minimum atomic E-state index is -0.358. The Morgan fingerprint density at radius 3 is 2.67 bits per heavy atom. The third-order valence-electron chi connectivity index (χ3n) is 1.93. The van der Waals surface area contributed by atoms with E-state index in [-0.39, 0.29) is 5.69 Å². The van der Waals surface area contributed by atoms with Crippen LogP contribution in [0.1, 0.15) is 6.92 Å². The lowest BCUT2D eigenvalue weighted by atomic mass is 10.3. The molecule has 0 fully saturated rings. The van der Waals surface area contributed by atoms with Gasteiger partial charge in [0.1, 0.15) is 12.1 Å². The molecule has 2 aromatic rings. The molecular formula is C10H11N3O2. The monoisotopic (exact) mass is 205 g/mol. The maximum Gasteiger partial charge on any atom is 0.361 e. The smallest absolute Gasteiger partial charge is 0.361 e. The highest BCUT2D eigenvalue weighted by Crippen LogP contribution is 2.13. The van der Waals surface area contributed by atoms with E-state index in [1.54, 1.807) is 4.68 Å². The first-order chi connectivity index (χ1) is 7.29. The molecule has 15 heavy (non-hydrogen) atoms. The van der Waals surface area contributed by atoms with Crippen molar-refractivity contribution in [2.24, 2.45) is 0 Å². The zero-order chi connectivity index (χ0) is 10.7. The third-order valence-corrected chi connectivity index (χ3v) is 1.93. The molecule has 0 aliphatic rings. The Hall–Kier alpha value is -2.04. The topological polar surface area (TPSA) is 59.9 Å². The van der Waals surface area contributed by atoms with Gasteiger partial charge in [-0.25, -0.2) is 14.6 Å². The van der Waals surface area contributed by atoms with Crippen LogP contribution in [0.4, 0.5) is 0 Å². The van der Waals surface area contributed by atoms with Crippen molar-refractivity contribution in [2.45, 2.75) is 6.92 Å². The predicted octanol–water partition coefficient (Wildman–Crippen LogP) is 0.959. The van der Waals surface area contributed by atoms with Crippen molar-refractivity contribution in [1.82, 2.24) is 14.8 Å². The van der Waals surface area contributed by atoms with Crippen LogP contribution in [0.2, 0.25) is 0 Å². The van der Waals surface area contributed by atoms with Crippen molar-refractivity contribution < 1.29 is 4.74 Å². The Bertz CT molecular complexity index is 484. The average Bonchev–Trinajstić information content (AvgIpc) is 2.67. The van der Waals surface area contributed by atoms with Crippen molar-refractivity contribution in [3.63, 3.8) is 0 Å². The van der Waals surface area contributed by atoms with Gasteiger partial charge in [-0.05, 0) is 31.2 Å². The molecule has 5 heteroatoms. The average molecular weight is 205 g/mol. The van der Waals surface area contributed by atoms with Gasteiger partial charge in [-0.3, -0.25) is 0 Å². The number of ether oxygens (including phenoxy) is 1. The highest BCUT2D eigenvalue weighted by Gasteiger charge is 1.98. The van der Waals surface area contributed by atoms with Crippen molar-refractivity contribution in [1.29, 1.82) is 0 Å². The normalized spacial score (nSPS) is 10.2. The highest BCUT2D eigenvalue weighted by atomic mass is 16.5. The summed E-state index contributed by atoms with van der Waals surface area (Å²) >= 11 is 0. The van der Waals surface area contributed by atoms with Gasteiger partial charge in [0.2, 0.25) is 0 Å². The van der Waals surface area contributed by atoms with Crippen molar-refractivity contribution >= 4 is 0 Å². The summed E-state index contributed by atoms with van der Waals surface area (Å²) < 4.78 is 6.86. The number of rotatable bonds is 3. The number of hydrogen-bond acceptors (Lipinski definition) is 3. The summed E-state index contributed by atoms with van der Waals surface area (Å²) in [5, 5.41) is 2.55. The molecule has 0 radical (unpaired) electrons.